The van der Waals surface area contributed by atoms with Gasteiger partial charge in [-0.05, 0) is 18.2 Å². The molecule has 1 heterocycles. The summed E-state index contributed by atoms with van der Waals surface area (Å²) in [6.07, 6.45) is -5.60. The van der Waals surface area contributed by atoms with Crippen molar-refractivity contribution in [3.05, 3.63) is 58.2 Å². The highest BCUT2D eigenvalue weighted by atomic mass is 35.5. The Balaban J connectivity index is 2.10. The number of halogens is 6. The number of hydrogen-bond donors (Lipinski definition) is 1. The Morgan fingerprint density at radius 1 is 1.32 bits per heavy atom. The Morgan fingerprint density at radius 3 is 2.50 bits per heavy atom. The van der Waals surface area contributed by atoms with E-state index in [4.69, 9.17) is 21.6 Å². The molecule has 0 bridgehead atoms. The summed E-state index contributed by atoms with van der Waals surface area (Å²) in [6, 6.07) is 5.17. The number of pyridine rings is 1. The second kappa shape index (κ2) is 8.84. The lowest BCUT2D eigenvalue weighted by atomic mass is 10.2. The average molecular weight is 420 g/mol. The number of rotatable bonds is 6. The normalized spacial score (nSPS) is 12.2. The maximum atomic E-state index is 13.6. The van der Waals surface area contributed by atoms with Crippen LogP contribution < -0.4 is 5.32 Å². The zero-order valence-corrected chi connectivity index (χ0v) is 14.6. The smallest absolute Gasteiger partial charge is 0.417 e. The van der Waals surface area contributed by atoms with Crippen molar-refractivity contribution in [3.8, 4) is 6.07 Å². The third kappa shape index (κ3) is 5.29. The first-order chi connectivity index (χ1) is 13.1. The fourth-order valence-electron chi connectivity index (χ4n) is 2.09. The summed E-state index contributed by atoms with van der Waals surface area (Å²) in [6.45, 7) is -0.284. The Labute approximate surface area is 160 Å². The van der Waals surface area contributed by atoms with Gasteiger partial charge in [0.15, 0.2) is 0 Å². The van der Waals surface area contributed by atoms with Crippen molar-refractivity contribution in [3.63, 3.8) is 0 Å². The third-order valence-electron chi connectivity index (χ3n) is 3.43. The number of ether oxygens (including phenoxy) is 1. The molecule has 0 aliphatic rings. The molecule has 1 atom stereocenters. The number of carbonyl (C=O) groups excluding carboxylic acids is 1. The molecule has 0 spiro atoms. The molecule has 0 amide bonds. The van der Waals surface area contributed by atoms with Gasteiger partial charge in [0.05, 0.1) is 29.6 Å². The number of nitrogens with zero attached hydrogens (tertiary/aromatic N) is 2. The maximum absolute atomic E-state index is 13.6. The molecule has 0 aliphatic heterocycles. The van der Waals surface area contributed by atoms with Crippen molar-refractivity contribution in [2.45, 2.75) is 18.7 Å². The van der Waals surface area contributed by atoms with Crippen LogP contribution in [0.3, 0.4) is 0 Å². The van der Waals surface area contributed by atoms with Gasteiger partial charge in [-0.2, -0.15) is 18.4 Å². The first-order valence-electron chi connectivity index (χ1n) is 7.62. The Kier molecular flexibility index (Phi) is 6.75. The van der Waals surface area contributed by atoms with Crippen molar-refractivity contribution >= 4 is 23.4 Å². The van der Waals surface area contributed by atoms with E-state index >= 15 is 0 Å². The molecule has 0 aliphatic carbocycles. The van der Waals surface area contributed by atoms with Crippen LogP contribution in [0.25, 0.3) is 0 Å². The molecule has 11 heteroatoms. The van der Waals surface area contributed by atoms with E-state index in [1.165, 1.54) is 0 Å². The number of nitrogens with one attached hydrogen (secondary N) is 1. The Hall–Kier alpha value is -2.93. The standard InChI is InChI=1S/C17H11ClF5N3O2/c18-11-6-9(17(21,22)23)7-25-15(11)26-8-10(4-5-24)28-16(27)14-12(19)2-1-3-13(14)20/h1-3,6-7,10H,4,8H2,(H,25,26)/t10-/m0/s1. The van der Waals surface area contributed by atoms with Gasteiger partial charge >= 0.3 is 12.1 Å². The largest absolute Gasteiger partial charge is 0.456 e. The molecule has 1 aromatic carbocycles. The number of carbonyl (C=O) groups is 1. The fraction of sp³-hybridized carbons (Fsp3) is 0.235. The summed E-state index contributed by atoms with van der Waals surface area (Å²) < 4.78 is 70.0. The van der Waals surface area contributed by atoms with Crippen LogP contribution in [-0.2, 0) is 10.9 Å². The van der Waals surface area contributed by atoms with Gasteiger partial charge in [0.2, 0.25) is 0 Å². The number of alkyl halides is 3. The van der Waals surface area contributed by atoms with E-state index in [1.807, 2.05) is 0 Å². The van der Waals surface area contributed by atoms with Crippen LogP contribution in [-0.4, -0.2) is 23.6 Å². The van der Waals surface area contributed by atoms with Crippen LogP contribution in [0.5, 0.6) is 0 Å². The van der Waals surface area contributed by atoms with E-state index < -0.39 is 41.0 Å². The second-order valence-electron chi connectivity index (χ2n) is 5.42. The molecule has 0 radical (unpaired) electrons. The maximum Gasteiger partial charge on any atom is 0.417 e. The highest BCUT2D eigenvalue weighted by Gasteiger charge is 2.31. The Bertz CT molecular complexity index is 894. The highest BCUT2D eigenvalue weighted by molar-refractivity contribution is 6.32. The molecule has 1 N–H and O–H groups in total. The minimum atomic E-state index is -4.63. The van der Waals surface area contributed by atoms with E-state index in [2.05, 4.69) is 10.3 Å². The summed E-state index contributed by atoms with van der Waals surface area (Å²) in [5, 5.41) is 11.0. The SMILES string of the molecule is N#CC[C@@H](CNc1ncc(C(F)(F)F)cc1Cl)OC(=O)c1c(F)cccc1F. The fourth-order valence-corrected chi connectivity index (χ4v) is 2.33. The van der Waals surface area contributed by atoms with Gasteiger partial charge < -0.3 is 10.1 Å². The molecular weight excluding hydrogens is 409 g/mol. The van der Waals surface area contributed by atoms with Crippen molar-refractivity contribution in [2.75, 3.05) is 11.9 Å². The molecule has 0 unspecified atom stereocenters. The van der Waals surface area contributed by atoms with E-state index in [9.17, 15) is 26.7 Å². The zero-order valence-electron chi connectivity index (χ0n) is 13.9. The number of hydrogen-bond acceptors (Lipinski definition) is 5. The molecule has 5 nitrogen and oxygen atoms in total. The minimum absolute atomic E-state index is 0.147. The van der Waals surface area contributed by atoms with Crippen LogP contribution in [0, 0.1) is 23.0 Å². The number of nitriles is 1. The van der Waals surface area contributed by atoms with Crippen LogP contribution in [0.1, 0.15) is 22.3 Å². The average Bonchev–Trinajstić information content (AvgIpc) is 2.59. The molecule has 2 rings (SSSR count). The molecule has 28 heavy (non-hydrogen) atoms. The summed E-state index contributed by atoms with van der Waals surface area (Å²) in [5.74, 6) is -3.75. The van der Waals surface area contributed by atoms with Crippen LogP contribution in [0.15, 0.2) is 30.5 Å². The molecule has 0 saturated heterocycles. The number of benzene rings is 1. The van der Waals surface area contributed by atoms with Gasteiger partial charge in [-0.3, -0.25) is 0 Å². The zero-order chi connectivity index (χ0) is 20.9. The van der Waals surface area contributed by atoms with Gasteiger partial charge in [-0.25, -0.2) is 18.6 Å². The topological polar surface area (TPSA) is 75.0 Å². The molecule has 148 valence electrons. The minimum Gasteiger partial charge on any atom is -0.456 e. The van der Waals surface area contributed by atoms with Gasteiger partial charge in [-0.1, -0.05) is 17.7 Å². The first kappa shape index (κ1) is 21.4. The molecule has 0 fully saturated rings. The summed E-state index contributed by atoms with van der Waals surface area (Å²) in [4.78, 5) is 15.5. The number of esters is 1. The quantitative estimate of drug-likeness (QED) is 0.548. The molecule has 0 saturated carbocycles. The van der Waals surface area contributed by atoms with Crippen molar-refractivity contribution < 1.29 is 31.5 Å². The number of anilines is 1. The molecule has 2 aromatic rings. The van der Waals surface area contributed by atoms with Crippen molar-refractivity contribution in [1.29, 1.82) is 5.26 Å². The van der Waals surface area contributed by atoms with E-state index in [0.29, 0.717) is 12.3 Å². The summed E-state index contributed by atoms with van der Waals surface area (Å²) in [5.41, 5.74) is -1.98. The van der Waals surface area contributed by atoms with Crippen LogP contribution >= 0.6 is 11.6 Å². The molecular formula is C17H11ClF5N3O2. The van der Waals surface area contributed by atoms with Crippen molar-refractivity contribution in [1.82, 2.24) is 4.98 Å². The van der Waals surface area contributed by atoms with E-state index in [-0.39, 0.29) is 23.8 Å². The number of aromatic nitrogens is 1. The predicted octanol–water partition coefficient (Wildman–Crippen LogP) is 4.58. The van der Waals surface area contributed by atoms with E-state index in [1.54, 1.807) is 6.07 Å². The summed E-state index contributed by atoms with van der Waals surface area (Å²) in [7, 11) is 0. The lowest BCUT2D eigenvalue weighted by Gasteiger charge is -2.17. The lowest BCUT2D eigenvalue weighted by molar-refractivity contribution is -0.137. The predicted molar refractivity (Wildman–Crippen MR) is 88.5 cm³/mol. The van der Waals surface area contributed by atoms with Crippen LogP contribution in [0.4, 0.5) is 27.8 Å². The summed E-state index contributed by atoms with van der Waals surface area (Å²) >= 11 is 5.74. The molecule has 1 aromatic heterocycles. The first-order valence-corrected chi connectivity index (χ1v) is 7.99. The highest BCUT2D eigenvalue weighted by Crippen LogP contribution is 2.32. The van der Waals surface area contributed by atoms with Crippen molar-refractivity contribution in [2.24, 2.45) is 0 Å². The lowest BCUT2D eigenvalue weighted by Crippen LogP contribution is -2.27. The van der Waals surface area contributed by atoms with Gasteiger partial charge in [-0.15, -0.1) is 0 Å². The third-order valence-corrected chi connectivity index (χ3v) is 3.71. The van der Waals surface area contributed by atoms with Gasteiger partial charge in [0.25, 0.3) is 0 Å². The van der Waals surface area contributed by atoms with E-state index in [0.717, 1.165) is 18.2 Å². The van der Waals surface area contributed by atoms with Gasteiger partial charge in [0.1, 0.15) is 29.1 Å². The second-order valence-corrected chi connectivity index (χ2v) is 5.83. The van der Waals surface area contributed by atoms with Gasteiger partial charge in [0, 0.05) is 6.20 Å². The monoisotopic (exact) mass is 419 g/mol. The van der Waals surface area contributed by atoms with Crippen LogP contribution in [0.2, 0.25) is 5.02 Å². The Morgan fingerprint density at radius 2 is 1.96 bits per heavy atom.